The Hall–Kier alpha value is -0.870. The van der Waals surface area contributed by atoms with Gasteiger partial charge >= 0.3 is 0 Å². The predicted octanol–water partition coefficient (Wildman–Crippen LogP) is 2.41. The summed E-state index contributed by atoms with van der Waals surface area (Å²) >= 11 is 0. The Bertz CT molecular complexity index is 404. The van der Waals surface area contributed by atoms with Crippen molar-refractivity contribution in [3.05, 3.63) is 18.2 Å². The summed E-state index contributed by atoms with van der Waals surface area (Å²) < 4.78 is 2.11. The average molecular weight is 278 g/mol. The Labute approximate surface area is 123 Å². The van der Waals surface area contributed by atoms with Crippen LogP contribution in [0.25, 0.3) is 0 Å². The van der Waals surface area contributed by atoms with Gasteiger partial charge in [0.1, 0.15) is 5.82 Å². The lowest BCUT2D eigenvalue weighted by molar-refractivity contribution is 0.147. The summed E-state index contributed by atoms with van der Waals surface area (Å²) in [7, 11) is 4.28. The van der Waals surface area contributed by atoms with Gasteiger partial charge in [0, 0.05) is 38.6 Å². The van der Waals surface area contributed by atoms with Gasteiger partial charge in [0.2, 0.25) is 0 Å². The summed E-state index contributed by atoms with van der Waals surface area (Å²) in [5, 5.41) is 3.73. The summed E-state index contributed by atoms with van der Waals surface area (Å²) in [6.45, 7) is 7.86. The Morgan fingerprint density at radius 2 is 2.10 bits per heavy atom. The highest BCUT2D eigenvalue weighted by atomic mass is 15.2. The summed E-state index contributed by atoms with van der Waals surface area (Å²) in [5.41, 5.74) is 0.391. The minimum absolute atomic E-state index is 0.391. The van der Waals surface area contributed by atoms with E-state index in [2.05, 4.69) is 47.7 Å². The lowest BCUT2D eigenvalue weighted by atomic mass is 9.81. The first-order valence-corrected chi connectivity index (χ1v) is 7.96. The van der Waals surface area contributed by atoms with E-state index in [1.165, 1.54) is 25.7 Å². The largest absolute Gasteiger partial charge is 0.337 e. The van der Waals surface area contributed by atoms with Gasteiger partial charge in [-0.25, -0.2) is 4.98 Å². The molecule has 0 atom stereocenters. The summed E-state index contributed by atoms with van der Waals surface area (Å²) in [4.78, 5) is 6.85. The second kappa shape index (κ2) is 6.72. The molecule has 4 heteroatoms. The van der Waals surface area contributed by atoms with Crippen molar-refractivity contribution in [1.29, 1.82) is 0 Å². The fourth-order valence-electron chi connectivity index (χ4n) is 2.85. The Morgan fingerprint density at radius 3 is 2.60 bits per heavy atom. The van der Waals surface area contributed by atoms with Crippen molar-refractivity contribution in [3.8, 4) is 0 Å². The van der Waals surface area contributed by atoms with Gasteiger partial charge in [-0.05, 0) is 38.1 Å². The van der Waals surface area contributed by atoms with Crippen molar-refractivity contribution in [2.75, 3.05) is 20.1 Å². The molecule has 1 heterocycles. The third-order valence-electron chi connectivity index (χ3n) is 4.78. The van der Waals surface area contributed by atoms with E-state index in [9.17, 15) is 0 Å². The molecule has 0 spiro atoms. The molecule has 4 nitrogen and oxygen atoms in total. The van der Waals surface area contributed by atoms with Crippen molar-refractivity contribution in [2.24, 2.45) is 12.5 Å². The number of hydrogen-bond acceptors (Lipinski definition) is 3. The van der Waals surface area contributed by atoms with Crippen LogP contribution in [-0.4, -0.2) is 40.6 Å². The van der Waals surface area contributed by atoms with E-state index in [0.717, 1.165) is 31.5 Å². The molecule has 1 saturated carbocycles. The van der Waals surface area contributed by atoms with Crippen molar-refractivity contribution in [1.82, 2.24) is 19.8 Å². The first-order valence-electron chi connectivity index (χ1n) is 7.96. The third kappa shape index (κ3) is 4.06. The minimum atomic E-state index is 0.391. The Kier molecular flexibility index (Phi) is 5.22. The fraction of sp³-hybridized carbons (Fsp3) is 0.812. The summed E-state index contributed by atoms with van der Waals surface area (Å²) in [6.07, 6.45) is 9.09. The summed E-state index contributed by atoms with van der Waals surface area (Å²) in [6, 6.07) is 0.798. The molecule has 1 aromatic heterocycles. The topological polar surface area (TPSA) is 33.1 Å². The Balaban J connectivity index is 1.90. The van der Waals surface area contributed by atoms with Crippen molar-refractivity contribution in [3.63, 3.8) is 0 Å². The van der Waals surface area contributed by atoms with E-state index in [-0.39, 0.29) is 0 Å². The normalized spacial score (nSPS) is 16.1. The molecule has 0 amide bonds. The van der Waals surface area contributed by atoms with Crippen LogP contribution in [0.3, 0.4) is 0 Å². The maximum absolute atomic E-state index is 4.43. The van der Waals surface area contributed by atoms with E-state index < -0.39 is 0 Å². The zero-order chi connectivity index (χ0) is 14.6. The van der Waals surface area contributed by atoms with E-state index in [1.54, 1.807) is 0 Å². The van der Waals surface area contributed by atoms with Gasteiger partial charge in [-0.15, -0.1) is 0 Å². The molecular weight excluding hydrogens is 248 g/mol. The highest BCUT2D eigenvalue weighted by Gasteiger charge is 2.31. The zero-order valence-electron chi connectivity index (χ0n) is 13.5. The van der Waals surface area contributed by atoms with Gasteiger partial charge < -0.3 is 9.88 Å². The quantitative estimate of drug-likeness (QED) is 0.753. The number of hydrogen-bond donors (Lipinski definition) is 1. The lowest BCUT2D eigenvalue weighted by Crippen LogP contribution is -2.43. The van der Waals surface area contributed by atoms with E-state index in [1.807, 2.05) is 12.4 Å². The number of rotatable bonds is 9. The van der Waals surface area contributed by atoms with Gasteiger partial charge in [-0.1, -0.05) is 13.8 Å². The van der Waals surface area contributed by atoms with Crippen LogP contribution < -0.4 is 5.32 Å². The van der Waals surface area contributed by atoms with Crippen molar-refractivity contribution < 1.29 is 0 Å². The Morgan fingerprint density at radius 1 is 1.40 bits per heavy atom. The van der Waals surface area contributed by atoms with E-state index in [4.69, 9.17) is 0 Å². The van der Waals surface area contributed by atoms with Crippen LogP contribution in [0.2, 0.25) is 0 Å². The highest BCUT2D eigenvalue weighted by Crippen LogP contribution is 2.29. The molecule has 1 aliphatic carbocycles. The molecule has 0 aromatic carbocycles. The van der Waals surface area contributed by atoms with E-state index in [0.29, 0.717) is 5.41 Å². The molecule has 1 aromatic rings. The molecule has 1 aliphatic rings. The van der Waals surface area contributed by atoms with Crippen LogP contribution in [0.5, 0.6) is 0 Å². The zero-order valence-corrected chi connectivity index (χ0v) is 13.5. The minimum Gasteiger partial charge on any atom is -0.337 e. The monoisotopic (exact) mass is 278 g/mol. The number of nitrogens with one attached hydrogen (secondary N) is 1. The number of aromatic nitrogens is 2. The van der Waals surface area contributed by atoms with Gasteiger partial charge in [0.25, 0.3) is 0 Å². The SMILES string of the molecule is CCC(CC)(CNC1CC1)CN(C)Cc1nccn1C. The highest BCUT2D eigenvalue weighted by molar-refractivity contribution is 4.93. The molecule has 0 radical (unpaired) electrons. The van der Waals surface area contributed by atoms with Crippen LogP contribution in [0.4, 0.5) is 0 Å². The smallest absolute Gasteiger partial charge is 0.122 e. The lowest BCUT2D eigenvalue weighted by Gasteiger charge is -2.36. The number of nitrogens with zero attached hydrogens (tertiary/aromatic N) is 3. The first-order chi connectivity index (χ1) is 9.58. The van der Waals surface area contributed by atoms with Gasteiger partial charge in [-0.3, -0.25) is 4.90 Å². The van der Waals surface area contributed by atoms with Crippen molar-refractivity contribution >= 4 is 0 Å². The fourth-order valence-corrected chi connectivity index (χ4v) is 2.85. The molecule has 0 saturated heterocycles. The van der Waals surface area contributed by atoms with Gasteiger partial charge in [0.05, 0.1) is 6.54 Å². The maximum Gasteiger partial charge on any atom is 0.122 e. The molecule has 0 bridgehead atoms. The molecule has 0 aliphatic heterocycles. The molecule has 2 rings (SSSR count). The van der Waals surface area contributed by atoms with Gasteiger partial charge in [-0.2, -0.15) is 0 Å². The van der Waals surface area contributed by atoms with Crippen LogP contribution in [0.15, 0.2) is 12.4 Å². The molecule has 0 unspecified atom stereocenters. The summed E-state index contributed by atoms with van der Waals surface area (Å²) in [5.74, 6) is 1.14. The van der Waals surface area contributed by atoms with E-state index >= 15 is 0 Å². The van der Waals surface area contributed by atoms with Crippen LogP contribution >= 0.6 is 0 Å². The van der Waals surface area contributed by atoms with Crippen LogP contribution in [-0.2, 0) is 13.6 Å². The molecule has 1 N–H and O–H groups in total. The molecule has 20 heavy (non-hydrogen) atoms. The number of imidazole rings is 1. The third-order valence-corrected chi connectivity index (χ3v) is 4.78. The molecule has 1 fully saturated rings. The van der Waals surface area contributed by atoms with Crippen molar-refractivity contribution in [2.45, 2.75) is 52.1 Å². The van der Waals surface area contributed by atoms with Crippen LogP contribution in [0.1, 0.15) is 45.4 Å². The second-order valence-corrected chi connectivity index (χ2v) is 6.49. The van der Waals surface area contributed by atoms with Gasteiger partial charge in [0.15, 0.2) is 0 Å². The molecular formula is C16H30N4. The standard InChI is InChI=1S/C16H30N4/c1-5-16(6-2,12-18-14-7-8-14)13-19(3)11-15-17-9-10-20(15)4/h9-10,14,18H,5-8,11-13H2,1-4H3. The molecule has 114 valence electrons. The second-order valence-electron chi connectivity index (χ2n) is 6.49. The average Bonchev–Trinajstić information content (AvgIpc) is 3.19. The number of aryl methyl sites for hydroxylation is 1. The first kappa shape index (κ1) is 15.5. The predicted molar refractivity (Wildman–Crippen MR) is 83.6 cm³/mol. The maximum atomic E-state index is 4.43. The van der Waals surface area contributed by atoms with Crippen LogP contribution in [0, 0.1) is 5.41 Å².